The number of anilines is 3. The predicted molar refractivity (Wildman–Crippen MR) is 74.7 cm³/mol. The second-order valence-corrected chi connectivity index (χ2v) is 4.08. The molecule has 0 aliphatic rings. The summed E-state index contributed by atoms with van der Waals surface area (Å²) in [6.07, 6.45) is 0. The van der Waals surface area contributed by atoms with Crippen LogP contribution < -0.4 is 10.6 Å². The van der Waals surface area contributed by atoms with Gasteiger partial charge < -0.3 is 10.6 Å². The summed E-state index contributed by atoms with van der Waals surface area (Å²) >= 11 is 0. The third-order valence-electron chi connectivity index (χ3n) is 2.63. The van der Waals surface area contributed by atoms with Crippen LogP contribution in [-0.2, 0) is 0 Å². The van der Waals surface area contributed by atoms with Crippen LogP contribution in [0.3, 0.4) is 0 Å². The highest BCUT2D eigenvalue weighted by molar-refractivity contribution is 5.68. The average molecular weight is 294 g/mol. The van der Waals surface area contributed by atoms with Gasteiger partial charge in [0.05, 0.1) is 10.6 Å². The van der Waals surface area contributed by atoms with Gasteiger partial charge >= 0.3 is 5.69 Å². The molecule has 0 saturated heterocycles. The summed E-state index contributed by atoms with van der Waals surface area (Å²) in [5.74, 6) is -1.95. The number of hydrogen-bond donors (Lipinski definition) is 2. The first kappa shape index (κ1) is 14.6. The predicted octanol–water partition coefficient (Wildman–Crippen LogP) is 3.44. The molecule has 2 rings (SSSR count). The molecule has 1 heterocycles. The molecule has 0 aliphatic carbocycles. The normalized spacial score (nSPS) is 10.2. The van der Waals surface area contributed by atoms with Crippen molar-refractivity contribution in [1.82, 2.24) is 4.98 Å². The molecule has 0 radical (unpaired) electrons. The Morgan fingerprint density at radius 1 is 1.29 bits per heavy atom. The van der Waals surface area contributed by atoms with Crippen LogP contribution in [0.1, 0.15) is 6.92 Å². The molecule has 110 valence electrons. The second-order valence-electron chi connectivity index (χ2n) is 4.08. The maximum Gasteiger partial charge on any atom is 0.311 e. The van der Waals surface area contributed by atoms with Crippen LogP contribution in [0.5, 0.6) is 0 Å². The monoisotopic (exact) mass is 294 g/mol. The van der Waals surface area contributed by atoms with Gasteiger partial charge in [-0.2, -0.15) is 0 Å². The molecule has 0 atom stereocenters. The number of rotatable bonds is 5. The van der Waals surface area contributed by atoms with Crippen LogP contribution in [0.25, 0.3) is 0 Å². The number of nitrogens with zero attached hydrogens (tertiary/aromatic N) is 2. The van der Waals surface area contributed by atoms with E-state index in [0.29, 0.717) is 12.4 Å². The van der Waals surface area contributed by atoms with Crippen molar-refractivity contribution in [3.05, 3.63) is 52.1 Å². The zero-order valence-electron chi connectivity index (χ0n) is 11.1. The molecule has 1 aromatic heterocycles. The summed E-state index contributed by atoms with van der Waals surface area (Å²) in [5, 5.41) is 16.3. The Kier molecular flexibility index (Phi) is 4.27. The minimum absolute atomic E-state index is 0.164. The van der Waals surface area contributed by atoms with Gasteiger partial charge in [0.2, 0.25) is 5.82 Å². The minimum Gasteiger partial charge on any atom is -0.370 e. The lowest BCUT2D eigenvalue weighted by molar-refractivity contribution is -0.384. The van der Waals surface area contributed by atoms with Gasteiger partial charge in [-0.25, -0.2) is 13.8 Å². The highest BCUT2D eigenvalue weighted by Crippen LogP contribution is 2.28. The van der Waals surface area contributed by atoms with Gasteiger partial charge in [0, 0.05) is 12.6 Å². The first-order chi connectivity index (χ1) is 10.0. The van der Waals surface area contributed by atoms with E-state index in [0.717, 1.165) is 6.07 Å². The molecule has 2 N–H and O–H groups in total. The quantitative estimate of drug-likeness (QED) is 0.652. The number of halogens is 2. The molecule has 8 heteroatoms. The standard InChI is InChI=1S/C13H12F2N4O2/c1-2-16-11-7-6-10(19(20)21)13(18-11)17-9-5-3-4-8(14)12(9)15/h3-7H,2H2,1H3,(H2,16,17,18). The van der Waals surface area contributed by atoms with E-state index in [1.807, 2.05) is 6.92 Å². The van der Waals surface area contributed by atoms with Crippen LogP contribution in [0, 0.1) is 21.7 Å². The smallest absolute Gasteiger partial charge is 0.311 e. The Hall–Kier alpha value is -2.77. The summed E-state index contributed by atoms with van der Waals surface area (Å²) in [4.78, 5) is 14.3. The van der Waals surface area contributed by atoms with Gasteiger partial charge in [-0.05, 0) is 25.1 Å². The molecular weight excluding hydrogens is 282 g/mol. The fourth-order valence-electron chi connectivity index (χ4n) is 1.70. The molecule has 0 aliphatic heterocycles. The minimum atomic E-state index is -1.12. The average Bonchev–Trinajstić information content (AvgIpc) is 2.44. The third-order valence-corrected chi connectivity index (χ3v) is 2.63. The van der Waals surface area contributed by atoms with Gasteiger partial charge in [0.15, 0.2) is 11.6 Å². The highest BCUT2D eigenvalue weighted by Gasteiger charge is 2.18. The van der Waals surface area contributed by atoms with E-state index in [1.165, 1.54) is 24.3 Å². The van der Waals surface area contributed by atoms with Crippen LogP contribution >= 0.6 is 0 Å². The van der Waals surface area contributed by atoms with Crippen molar-refractivity contribution in [2.24, 2.45) is 0 Å². The van der Waals surface area contributed by atoms with Crippen molar-refractivity contribution in [3.8, 4) is 0 Å². The fourth-order valence-corrected chi connectivity index (χ4v) is 1.70. The van der Waals surface area contributed by atoms with E-state index < -0.39 is 16.6 Å². The zero-order valence-corrected chi connectivity index (χ0v) is 11.1. The molecule has 0 bridgehead atoms. The number of nitrogens with one attached hydrogen (secondary N) is 2. The van der Waals surface area contributed by atoms with Gasteiger partial charge in [0.25, 0.3) is 0 Å². The van der Waals surface area contributed by atoms with E-state index in [-0.39, 0.29) is 17.2 Å². The number of hydrogen-bond acceptors (Lipinski definition) is 5. The van der Waals surface area contributed by atoms with E-state index in [4.69, 9.17) is 0 Å². The van der Waals surface area contributed by atoms with Crippen molar-refractivity contribution in [1.29, 1.82) is 0 Å². The van der Waals surface area contributed by atoms with Gasteiger partial charge in [-0.15, -0.1) is 0 Å². The van der Waals surface area contributed by atoms with Gasteiger partial charge in [-0.3, -0.25) is 10.1 Å². The topological polar surface area (TPSA) is 80.1 Å². The van der Waals surface area contributed by atoms with Crippen LogP contribution in [0.4, 0.5) is 31.8 Å². The first-order valence-electron chi connectivity index (χ1n) is 6.13. The molecular formula is C13H12F2N4O2. The zero-order chi connectivity index (χ0) is 15.4. The Morgan fingerprint density at radius 2 is 2.05 bits per heavy atom. The number of nitro groups is 1. The third kappa shape index (κ3) is 3.22. The van der Waals surface area contributed by atoms with Crippen LogP contribution in [0.15, 0.2) is 30.3 Å². The van der Waals surface area contributed by atoms with Crippen LogP contribution in [0.2, 0.25) is 0 Å². The lowest BCUT2D eigenvalue weighted by atomic mass is 10.3. The molecule has 0 fully saturated rings. The van der Waals surface area contributed by atoms with Crippen molar-refractivity contribution in [2.75, 3.05) is 17.2 Å². The number of pyridine rings is 1. The second kappa shape index (κ2) is 6.12. The largest absolute Gasteiger partial charge is 0.370 e. The Morgan fingerprint density at radius 3 is 2.71 bits per heavy atom. The Labute approximate surface area is 119 Å². The summed E-state index contributed by atoms with van der Waals surface area (Å²) in [6, 6.07) is 6.20. The molecule has 21 heavy (non-hydrogen) atoms. The lowest BCUT2D eigenvalue weighted by Gasteiger charge is -2.09. The van der Waals surface area contributed by atoms with Crippen LogP contribution in [-0.4, -0.2) is 16.5 Å². The molecule has 0 saturated carbocycles. The molecule has 6 nitrogen and oxygen atoms in total. The Balaban J connectivity index is 2.43. The Bertz CT molecular complexity index is 679. The van der Waals surface area contributed by atoms with E-state index in [9.17, 15) is 18.9 Å². The lowest BCUT2D eigenvalue weighted by Crippen LogP contribution is -2.05. The highest BCUT2D eigenvalue weighted by atomic mass is 19.2. The van der Waals surface area contributed by atoms with Crippen molar-refractivity contribution >= 4 is 23.0 Å². The summed E-state index contributed by atoms with van der Waals surface area (Å²) in [6.45, 7) is 2.40. The van der Waals surface area contributed by atoms with Gasteiger partial charge in [-0.1, -0.05) is 6.07 Å². The molecule has 0 amide bonds. The molecule has 0 spiro atoms. The molecule has 0 unspecified atom stereocenters. The van der Waals surface area contributed by atoms with Gasteiger partial charge in [0.1, 0.15) is 5.82 Å². The molecule has 2 aromatic rings. The van der Waals surface area contributed by atoms with E-state index >= 15 is 0 Å². The van der Waals surface area contributed by atoms with Crippen molar-refractivity contribution < 1.29 is 13.7 Å². The SMILES string of the molecule is CCNc1ccc([N+](=O)[O-])c(Nc2cccc(F)c2F)n1. The van der Waals surface area contributed by atoms with Crippen molar-refractivity contribution in [2.45, 2.75) is 6.92 Å². The van der Waals surface area contributed by atoms with Crippen molar-refractivity contribution in [3.63, 3.8) is 0 Å². The summed E-state index contributed by atoms with van der Waals surface area (Å²) < 4.78 is 26.8. The summed E-state index contributed by atoms with van der Waals surface area (Å²) in [7, 11) is 0. The summed E-state index contributed by atoms with van der Waals surface area (Å²) in [5.41, 5.74) is -0.556. The number of aromatic nitrogens is 1. The maximum absolute atomic E-state index is 13.6. The van der Waals surface area contributed by atoms with E-state index in [2.05, 4.69) is 15.6 Å². The first-order valence-corrected chi connectivity index (χ1v) is 6.13. The maximum atomic E-state index is 13.6. The fraction of sp³-hybridized carbons (Fsp3) is 0.154. The number of benzene rings is 1. The molecule has 1 aromatic carbocycles. The van der Waals surface area contributed by atoms with E-state index in [1.54, 1.807) is 0 Å².